The van der Waals surface area contributed by atoms with E-state index in [0.717, 1.165) is 12.2 Å². The lowest BCUT2D eigenvalue weighted by Gasteiger charge is -2.06. The number of carbonyl (C=O) groups excluding carboxylic acids is 1. The Morgan fingerprint density at radius 3 is 2.80 bits per heavy atom. The molecule has 2 heterocycles. The minimum atomic E-state index is -0.276. The second-order valence-electron chi connectivity index (χ2n) is 5.33. The highest BCUT2D eigenvalue weighted by Crippen LogP contribution is 2.17. The molecular formula is C18H18ClN3O3. The number of halogens is 1. The number of hydrogen-bond donors (Lipinski definition) is 1. The van der Waals surface area contributed by atoms with E-state index in [1.165, 1.54) is 0 Å². The fourth-order valence-corrected chi connectivity index (χ4v) is 2.44. The molecule has 1 aromatic carbocycles. The van der Waals surface area contributed by atoms with Crippen molar-refractivity contribution in [3.63, 3.8) is 0 Å². The lowest BCUT2D eigenvalue weighted by molar-refractivity contribution is 0.0918. The van der Waals surface area contributed by atoms with Gasteiger partial charge in [-0.05, 0) is 49.4 Å². The van der Waals surface area contributed by atoms with Gasteiger partial charge in [0.15, 0.2) is 5.76 Å². The number of furan rings is 1. The Balaban J connectivity index is 1.53. The number of benzene rings is 1. The van der Waals surface area contributed by atoms with Gasteiger partial charge in [0.25, 0.3) is 5.91 Å². The van der Waals surface area contributed by atoms with Gasteiger partial charge in [-0.1, -0.05) is 11.6 Å². The van der Waals surface area contributed by atoms with E-state index < -0.39 is 0 Å². The molecule has 25 heavy (non-hydrogen) atoms. The monoisotopic (exact) mass is 359 g/mol. The zero-order chi connectivity index (χ0) is 17.6. The summed E-state index contributed by atoms with van der Waals surface area (Å²) in [5.74, 6) is 1.22. The van der Waals surface area contributed by atoms with Crippen LogP contribution in [-0.4, -0.2) is 15.7 Å². The van der Waals surface area contributed by atoms with Crippen LogP contribution in [0.15, 0.2) is 53.1 Å². The third kappa shape index (κ3) is 4.42. The number of aryl methyl sites for hydroxylation is 1. The first-order valence-electron chi connectivity index (χ1n) is 7.91. The average Bonchev–Trinajstić information content (AvgIpc) is 3.28. The number of rotatable bonds is 7. The quantitative estimate of drug-likeness (QED) is 0.699. The summed E-state index contributed by atoms with van der Waals surface area (Å²) in [5, 5.41) is 7.63. The van der Waals surface area contributed by atoms with Crippen LogP contribution in [0.25, 0.3) is 0 Å². The standard InChI is InChI=1S/C18H18ClN3O3/c1-2-22-14(9-10-21-22)11-20-18(23)17-8-7-16(25-17)12-24-15-5-3-13(19)4-6-15/h3-10H,2,11-12H2,1H3,(H,20,23). The first-order valence-corrected chi connectivity index (χ1v) is 8.29. The first kappa shape index (κ1) is 17.1. The van der Waals surface area contributed by atoms with Crippen molar-refractivity contribution < 1.29 is 13.9 Å². The molecule has 130 valence electrons. The lowest BCUT2D eigenvalue weighted by atomic mass is 10.3. The van der Waals surface area contributed by atoms with Crippen LogP contribution in [0.5, 0.6) is 5.75 Å². The molecule has 2 aromatic heterocycles. The fraction of sp³-hybridized carbons (Fsp3) is 0.222. The number of nitrogens with zero attached hydrogens (tertiary/aromatic N) is 2. The van der Waals surface area contributed by atoms with Gasteiger partial charge in [0.1, 0.15) is 18.1 Å². The van der Waals surface area contributed by atoms with E-state index in [1.54, 1.807) is 42.6 Å². The predicted octanol–water partition coefficient (Wildman–Crippen LogP) is 3.66. The van der Waals surface area contributed by atoms with Gasteiger partial charge in [-0.15, -0.1) is 0 Å². The molecule has 0 aliphatic heterocycles. The molecular weight excluding hydrogens is 342 g/mol. The van der Waals surface area contributed by atoms with E-state index in [4.69, 9.17) is 20.8 Å². The Bertz CT molecular complexity index is 839. The van der Waals surface area contributed by atoms with Crippen LogP contribution >= 0.6 is 11.6 Å². The SMILES string of the molecule is CCn1nccc1CNC(=O)c1ccc(COc2ccc(Cl)cc2)o1. The maximum atomic E-state index is 12.2. The number of hydrogen-bond acceptors (Lipinski definition) is 4. The zero-order valence-corrected chi connectivity index (χ0v) is 14.5. The molecule has 1 N–H and O–H groups in total. The molecule has 0 unspecified atom stereocenters. The third-order valence-corrected chi connectivity index (χ3v) is 3.87. The van der Waals surface area contributed by atoms with Gasteiger partial charge in [-0.2, -0.15) is 5.10 Å². The minimum Gasteiger partial charge on any atom is -0.486 e. The summed E-state index contributed by atoms with van der Waals surface area (Å²) in [6.45, 7) is 3.38. The minimum absolute atomic E-state index is 0.234. The van der Waals surface area contributed by atoms with E-state index >= 15 is 0 Å². The van der Waals surface area contributed by atoms with Gasteiger partial charge < -0.3 is 14.5 Å². The van der Waals surface area contributed by atoms with Gasteiger partial charge in [0, 0.05) is 17.8 Å². The molecule has 1 amide bonds. The number of aromatic nitrogens is 2. The summed E-state index contributed by atoms with van der Waals surface area (Å²) in [4.78, 5) is 12.2. The number of amides is 1. The molecule has 0 fully saturated rings. The normalized spacial score (nSPS) is 10.6. The molecule has 0 aliphatic rings. The van der Waals surface area contributed by atoms with Crippen molar-refractivity contribution in [1.82, 2.24) is 15.1 Å². The van der Waals surface area contributed by atoms with Gasteiger partial charge in [0.05, 0.1) is 12.2 Å². The molecule has 0 aliphatic carbocycles. The summed E-state index contributed by atoms with van der Waals surface area (Å²) in [5.41, 5.74) is 0.939. The predicted molar refractivity (Wildman–Crippen MR) is 93.6 cm³/mol. The van der Waals surface area contributed by atoms with Crippen LogP contribution < -0.4 is 10.1 Å². The number of carbonyl (C=O) groups is 1. The second-order valence-corrected chi connectivity index (χ2v) is 5.77. The molecule has 3 rings (SSSR count). The second kappa shape index (κ2) is 7.90. The zero-order valence-electron chi connectivity index (χ0n) is 13.7. The van der Waals surface area contributed by atoms with Crippen LogP contribution in [0.2, 0.25) is 5.02 Å². The summed E-state index contributed by atoms with van der Waals surface area (Å²) >= 11 is 5.83. The topological polar surface area (TPSA) is 69.3 Å². The van der Waals surface area contributed by atoms with E-state index in [2.05, 4.69) is 10.4 Å². The van der Waals surface area contributed by atoms with Crippen molar-refractivity contribution in [1.29, 1.82) is 0 Å². The smallest absolute Gasteiger partial charge is 0.287 e. The van der Waals surface area contributed by atoms with Crippen molar-refractivity contribution in [3.8, 4) is 5.75 Å². The molecule has 0 saturated heterocycles. The van der Waals surface area contributed by atoms with Gasteiger partial charge >= 0.3 is 0 Å². The largest absolute Gasteiger partial charge is 0.486 e. The van der Waals surface area contributed by atoms with Crippen LogP contribution in [0.1, 0.15) is 28.9 Å². The maximum absolute atomic E-state index is 12.2. The Morgan fingerprint density at radius 2 is 2.04 bits per heavy atom. The Kier molecular flexibility index (Phi) is 5.40. The van der Waals surface area contributed by atoms with Crippen LogP contribution in [-0.2, 0) is 19.7 Å². The van der Waals surface area contributed by atoms with E-state index in [-0.39, 0.29) is 18.3 Å². The van der Waals surface area contributed by atoms with Crippen molar-refractivity contribution in [2.45, 2.75) is 26.6 Å². The van der Waals surface area contributed by atoms with Crippen LogP contribution in [0, 0.1) is 0 Å². The van der Waals surface area contributed by atoms with Crippen molar-refractivity contribution >= 4 is 17.5 Å². The summed E-state index contributed by atoms with van der Waals surface area (Å²) in [6, 6.07) is 12.3. The van der Waals surface area contributed by atoms with E-state index in [0.29, 0.717) is 23.1 Å². The summed E-state index contributed by atoms with van der Waals surface area (Å²) in [7, 11) is 0. The number of ether oxygens (including phenoxy) is 1. The van der Waals surface area contributed by atoms with Gasteiger partial charge in [-0.3, -0.25) is 9.48 Å². The van der Waals surface area contributed by atoms with Crippen LogP contribution in [0.3, 0.4) is 0 Å². The molecule has 6 nitrogen and oxygen atoms in total. The van der Waals surface area contributed by atoms with Crippen molar-refractivity contribution in [2.75, 3.05) is 0 Å². The fourth-order valence-electron chi connectivity index (χ4n) is 2.32. The highest BCUT2D eigenvalue weighted by molar-refractivity contribution is 6.30. The van der Waals surface area contributed by atoms with Gasteiger partial charge in [-0.25, -0.2) is 0 Å². The van der Waals surface area contributed by atoms with Crippen molar-refractivity contribution in [2.24, 2.45) is 0 Å². The third-order valence-electron chi connectivity index (χ3n) is 3.61. The first-order chi connectivity index (χ1) is 12.2. The Hall–Kier alpha value is -2.73. The summed E-state index contributed by atoms with van der Waals surface area (Å²) < 4.78 is 13.0. The molecule has 7 heteroatoms. The Morgan fingerprint density at radius 1 is 1.24 bits per heavy atom. The summed E-state index contributed by atoms with van der Waals surface area (Å²) in [6.07, 6.45) is 1.71. The molecule has 0 radical (unpaired) electrons. The molecule has 0 saturated carbocycles. The molecule has 0 atom stereocenters. The maximum Gasteiger partial charge on any atom is 0.287 e. The molecule has 0 spiro atoms. The van der Waals surface area contributed by atoms with Gasteiger partial charge in [0.2, 0.25) is 0 Å². The highest BCUT2D eigenvalue weighted by Gasteiger charge is 2.12. The molecule has 0 bridgehead atoms. The van der Waals surface area contributed by atoms with Crippen LogP contribution in [0.4, 0.5) is 0 Å². The van der Waals surface area contributed by atoms with E-state index in [9.17, 15) is 4.79 Å². The highest BCUT2D eigenvalue weighted by atomic mass is 35.5. The molecule has 3 aromatic rings. The Labute approximate surface area is 150 Å². The lowest BCUT2D eigenvalue weighted by Crippen LogP contribution is -2.23. The van der Waals surface area contributed by atoms with E-state index in [1.807, 2.05) is 17.7 Å². The van der Waals surface area contributed by atoms with Crippen molar-refractivity contribution in [3.05, 3.63) is 70.9 Å². The number of nitrogens with one attached hydrogen (secondary N) is 1. The average molecular weight is 360 g/mol.